The van der Waals surface area contributed by atoms with Crippen molar-refractivity contribution in [3.8, 4) is 5.75 Å². The van der Waals surface area contributed by atoms with E-state index in [1.165, 1.54) is 4.90 Å². The molecule has 0 atom stereocenters. The summed E-state index contributed by atoms with van der Waals surface area (Å²) in [6.07, 6.45) is 0.951. The first-order chi connectivity index (χ1) is 15.2. The molecule has 1 amide bonds. The van der Waals surface area contributed by atoms with Crippen LogP contribution in [0.1, 0.15) is 30.9 Å². The summed E-state index contributed by atoms with van der Waals surface area (Å²) in [5.41, 5.74) is 0.0685. The SMILES string of the molecule is CCCCOC(=O)N(C)Cc1ccccc1CC(=O)Oc1ccc([N+](=O)[O-])cc1[N+](=O)[O-]. The van der Waals surface area contributed by atoms with Crippen molar-refractivity contribution < 1.29 is 28.9 Å². The van der Waals surface area contributed by atoms with E-state index in [1.807, 2.05) is 6.92 Å². The molecule has 0 bridgehead atoms. The minimum absolute atomic E-state index is 0.187. The Morgan fingerprint density at radius 1 is 1.03 bits per heavy atom. The van der Waals surface area contributed by atoms with Crippen LogP contribution in [-0.2, 0) is 22.5 Å². The van der Waals surface area contributed by atoms with Crippen LogP contribution in [0.5, 0.6) is 5.75 Å². The number of nitro groups is 2. The monoisotopic (exact) mass is 445 g/mol. The van der Waals surface area contributed by atoms with Gasteiger partial charge in [0.2, 0.25) is 5.75 Å². The number of non-ortho nitro benzene ring substituents is 1. The molecule has 0 unspecified atom stereocenters. The van der Waals surface area contributed by atoms with Gasteiger partial charge in [0.15, 0.2) is 0 Å². The van der Waals surface area contributed by atoms with E-state index in [9.17, 15) is 29.8 Å². The van der Waals surface area contributed by atoms with Crippen LogP contribution < -0.4 is 4.74 Å². The van der Waals surface area contributed by atoms with Crippen molar-refractivity contribution >= 4 is 23.4 Å². The van der Waals surface area contributed by atoms with Gasteiger partial charge in [-0.3, -0.25) is 25.0 Å². The molecule has 0 aliphatic heterocycles. The number of unbranched alkanes of at least 4 members (excludes halogenated alkanes) is 1. The maximum atomic E-state index is 12.4. The first kappa shape index (κ1) is 24.3. The van der Waals surface area contributed by atoms with Crippen molar-refractivity contribution in [3.05, 3.63) is 73.8 Å². The van der Waals surface area contributed by atoms with Crippen molar-refractivity contribution in [1.82, 2.24) is 4.90 Å². The standard InChI is InChI=1S/C21H23N3O8/c1-3-4-11-31-21(26)22(2)14-16-8-6-5-7-15(16)12-20(25)32-19-10-9-17(23(27)28)13-18(19)24(29)30/h5-10,13H,3-4,11-12,14H2,1-2H3. The number of nitrogens with zero attached hydrogens (tertiary/aromatic N) is 3. The van der Waals surface area contributed by atoms with Crippen LogP contribution in [0, 0.1) is 20.2 Å². The predicted octanol–water partition coefficient (Wildman–Crippen LogP) is 4.02. The molecule has 0 saturated heterocycles. The molecule has 0 aliphatic carbocycles. The molecule has 0 radical (unpaired) electrons. The van der Waals surface area contributed by atoms with Crippen LogP contribution in [0.15, 0.2) is 42.5 Å². The quantitative estimate of drug-likeness (QED) is 0.175. The first-order valence-corrected chi connectivity index (χ1v) is 9.81. The lowest BCUT2D eigenvalue weighted by Crippen LogP contribution is -2.28. The lowest BCUT2D eigenvalue weighted by atomic mass is 10.0. The molecule has 0 heterocycles. The zero-order valence-corrected chi connectivity index (χ0v) is 17.7. The molecule has 0 saturated carbocycles. The zero-order chi connectivity index (χ0) is 23.7. The molecule has 0 fully saturated rings. The smallest absolute Gasteiger partial charge is 0.409 e. The normalized spacial score (nSPS) is 10.3. The van der Waals surface area contributed by atoms with E-state index in [0.717, 1.165) is 31.0 Å². The highest BCUT2D eigenvalue weighted by Gasteiger charge is 2.23. The fraction of sp³-hybridized carbons (Fsp3) is 0.333. The Bertz CT molecular complexity index is 1010. The summed E-state index contributed by atoms with van der Waals surface area (Å²) >= 11 is 0. The molecule has 0 aliphatic rings. The molecule has 11 nitrogen and oxygen atoms in total. The van der Waals surface area contributed by atoms with Gasteiger partial charge in [-0.15, -0.1) is 0 Å². The predicted molar refractivity (Wildman–Crippen MR) is 113 cm³/mol. The van der Waals surface area contributed by atoms with Crippen molar-refractivity contribution in [2.75, 3.05) is 13.7 Å². The Labute approximate surface area is 183 Å². The average Bonchev–Trinajstić information content (AvgIpc) is 2.75. The number of nitro benzene ring substituents is 2. The van der Waals surface area contributed by atoms with Crippen molar-refractivity contribution in [2.24, 2.45) is 0 Å². The summed E-state index contributed by atoms with van der Waals surface area (Å²) in [5, 5.41) is 22.0. The van der Waals surface area contributed by atoms with Crippen LogP contribution in [-0.4, -0.2) is 40.5 Å². The van der Waals surface area contributed by atoms with Gasteiger partial charge in [0, 0.05) is 19.7 Å². The van der Waals surface area contributed by atoms with E-state index in [0.29, 0.717) is 17.7 Å². The Balaban J connectivity index is 2.11. The Morgan fingerprint density at radius 3 is 2.34 bits per heavy atom. The summed E-state index contributed by atoms with van der Waals surface area (Å²) in [6.45, 7) is 2.49. The summed E-state index contributed by atoms with van der Waals surface area (Å²) in [6, 6.07) is 9.64. The van der Waals surface area contributed by atoms with Crippen LogP contribution in [0.3, 0.4) is 0 Å². The topological polar surface area (TPSA) is 142 Å². The molecule has 2 aromatic carbocycles. The minimum Gasteiger partial charge on any atom is -0.449 e. The van der Waals surface area contributed by atoms with Gasteiger partial charge in [-0.1, -0.05) is 37.6 Å². The molecule has 0 spiro atoms. The molecule has 0 N–H and O–H groups in total. The molecule has 2 aromatic rings. The van der Waals surface area contributed by atoms with Crippen molar-refractivity contribution in [1.29, 1.82) is 0 Å². The molecular formula is C21H23N3O8. The average molecular weight is 445 g/mol. The number of hydrogen-bond acceptors (Lipinski definition) is 8. The summed E-state index contributed by atoms with van der Waals surface area (Å²) in [7, 11) is 1.57. The van der Waals surface area contributed by atoms with Gasteiger partial charge in [0.25, 0.3) is 5.69 Å². The third-order valence-electron chi connectivity index (χ3n) is 4.47. The van der Waals surface area contributed by atoms with Crippen LogP contribution in [0.25, 0.3) is 0 Å². The zero-order valence-electron chi connectivity index (χ0n) is 17.7. The lowest BCUT2D eigenvalue weighted by Gasteiger charge is -2.19. The Kier molecular flexibility index (Phi) is 8.63. The third kappa shape index (κ3) is 6.76. The molecule has 0 aromatic heterocycles. The molecular weight excluding hydrogens is 422 g/mol. The summed E-state index contributed by atoms with van der Waals surface area (Å²) in [5.74, 6) is -1.18. The highest BCUT2D eigenvalue weighted by atomic mass is 16.6. The van der Waals surface area contributed by atoms with Crippen LogP contribution in [0.4, 0.5) is 16.2 Å². The number of ether oxygens (including phenoxy) is 2. The number of hydrogen-bond donors (Lipinski definition) is 0. The molecule has 170 valence electrons. The van der Waals surface area contributed by atoms with Gasteiger partial charge < -0.3 is 14.4 Å². The van der Waals surface area contributed by atoms with E-state index in [-0.39, 0.29) is 18.7 Å². The largest absolute Gasteiger partial charge is 0.449 e. The second-order valence-corrected chi connectivity index (χ2v) is 6.91. The van der Waals surface area contributed by atoms with E-state index < -0.39 is 33.3 Å². The lowest BCUT2D eigenvalue weighted by molar-refractivity contribution is -0.394. The Morgan fingerprint density at radius 2 is 1.72 bits per heavy atom. The molecule has 32 heavy (non-hydrogen) atoms. The van der Waals surface area contributed by atoms with Crippen molar-refractivity contribution in [2.45, 2.75) is 32.7 Å². The maximum absolute atomic E-state index is 12.4. The first-order valence-electron chi connectivity index (χ1n) is 9.81. The highest BCUT2D eigenvalue weighted by molar-refractivity contribution is 5.77. The van der Waals surface area contributed by atoms with Crippen LogP contribution >= 0.6 is 0 Å². The number of esters is 1. The number of carbonyl (C=O) groups excluding carboxylic acids is 2. The van der Waals surface area contributed by atoms with Gasteiger partial charge >= 0.3 is 17.7 Å². The van der Waals surface area contributed by atoms with Gasteiger partial charge in [0.05, 0.1) is 28.9 Å². The Hall–Kier alpha value is -4.02. The third-order valence-corrected chi connectivity index (χ3v) is 4.47. The summed E-state index contributed by atoms with van der Waals surface area (Å²) in [4.78, 5) is 46.3. The van der Waals surface area contributed by atoms with Crippen LogP contribution in [0.2, 0.25) is 0 Å². The minimum atomic E-state index is -0.858. The number of carbonyl (C=O) groups is 2. The fourth-order valence-corrected chi connectivity index (χ4v) is 2.78. The second kappa shape index (κ2) is 11.4. The van der Waals surface area contributed by atoms with Crippen molar-refractivity contribution in [3.63, 3.8) is 0 Å². The highest BCUT2D eigenvalue weighted by Crippen LogP contribution is 2.31. The molecule has 11 heteroatoms. The van der Waals surface area contributed by atoms with Gasteiger partial charge in [0.1, 0.15) is 0 Å². The van der Waals surface area contributed by atoms with E-state index in [1.54, 1.807) is 31.3 Å². The van der Waals surface area contributed by atoms with E-state index in [4.69, 9.17) is 9.47 Å². The fourth-order valence-electron chi connectivity index (χ4n) is 2.78. The van der Waals surface area contributed by atoms with Gasteiger partial charge in [-0.2, -0.15) is 0 Å². The van der Waals surface area contributed by atoms with E-state index in [2.05, 4.69) is 0 Å². The second-order valence-electron chi connectivity index (χ2n) is 6.91. The number of amides is 1. The van der Waals surface area contributed by atoms with Gasteiger partial charge in [-0.25, -0.2) is 4.79 Å². The maximum Gasteiger partial charge on any atom is 0.409 e. The number of rotatable bonds is 10. The molecule has 2 rings (SSSR count). The van der Waals surface area contributed by atoms with Gasteiger partial charge in [-0.05, 0) is 23.6 Å². The number of benzene rings is 2. The summed E-state index contributed by atoms with van der Waals surface area (Å²) < 4.78 is 10.3. The van der Waals surface area contributed by atoms with E-state index >= 15 is 0 Å².